The van der Waals surface area contributed by atoms with E-state index in [1.54, 1.807) is 24.3 Å². The average Bonchev–Trinajstić information content (AvgIpc) is 2.39. The number of sulfonamides is 1. The van der Waals surface area contributed by atoms with Gasteiger partial charge in [0, 0.05) is 19.7 Å². The summed E-state index contributed by atoms with van der Waals surface area (Å²) in [6.45, 7) is 0.111. The van der Waals surface area contributed by atoms with Crippen molar-refractivity contribution in [2.45, 2.75) is 11.4 Å². The van der Waals surface area contributed by atoms with Crippen molar-refractivity contribution in [3.63, 3.8) is 0 Å². The normalized spacial score (nSPS) is 11.8. The number of rotatable bonds is 4. The summed E-state index contributed by atoms with van der Waals surface area (Å²) >= 11 is 0. The van der Waals surface area contributed by atoms with E-state index in [1.807, 2.05) is 6.07 Å². The maximum Gasteiger partial charge on any atom is 0.246 e. The van der Waals surface area contributed by atoms with Gasteiger partial charge in [-0.1, -0.05) is 30.3 Å². The number of hydrogen-bond acceptors (Lipinski definition) is 2. The summed E-state index contributed by atoms with van der Waals surface area (Å²) in [6.07, 6.45) is 0. The molecule has 6 heteroatoms. The first-order chi connectivity index (χ1) is 9.41. The van der Waals surface area contributed by atoms with Gasteiger partial charge < -0.3 is 0 Å². The van der Waals surface area contributed by atoms with Crippen LogP contribution in [0.5, 0.6) is 0 Å². The quantitative estimate of drug-likeness (QED) is 0.870. The van der Waals surface area contributed by atoms with Crippen LogP contribution in [0.25, 0.3) is 0 Å². The monoisotopic (exact) mass is 297 g/mol. The molecular weight excluding hydrogens is 284 g/mol. The second kappa shape index (κ2) is 5.68. The van der Waals surface area contributed by atoms with E-state index in [0.717, 1.165) is 22.0 Å². The molecule has 0 N–H and O–H groups in total. The molecule has 0 heterocycles. The molecule has 0 saturated heterocycles. The molecular formula is C14H13F2NO2S. The lowest BCUT2D eigenvalue weighted by Gasteiger charge is -2.17. The lowest BCUT2D eigenvalue weighted by Crippen LogP contribution is -2.27. The molecule has 106 valence electrons. The molecule has 0 amide bonds. The fraction of sp³-hybridized carbons (Fsp3) is 0.143. The molecule has 0 aliphatic rings. The van der Waals surface area contributed by atoms with Crippen molar-refractivity contribution >= 4 is 10.0 Å². The van der Waals surface area contributed by atoms with Gasteiger partial charge in [0.1, 0.15) is 16.5 Å². The Morgan fingerprint density at radius 3 is 2.30 bits per heavy atom. The lowest BCUT2D eigenvalue weighted by atomic mass is 10.2. The second-order valence-electron chi connectivity index (χ2n) is 4.32. The molecule has 0 aliphatic heterocycles. The van der Waals surface area contributed by atoms with Crippen molar-refractivity contribution in [2.24, 2.45) is 0 Å². The molecule has 20 heavy (non-hydrogen) atoms. The highest BCUT2D eigenvalue weighted by molar-refractivity contribution is 7.89. The minimum absolute atomic E-state index is 0.111. The molecule has 0 aromatic heterocycles. The number of benzene rings is 2. The van der Waals surface area contributed by atoms with Gasteiger partial charge in [-0.25, -0.2) is 17.2 Å². The summed E-state index contributed by atoms with van der Waals surface area (Å²) < 4.78 is 51.9. The van der Waals surface area contributed by atoms with E-state index in [2.05, 4.69) is 0 Å². The van der Waals surface area contributed by atoms with E-state index >= 15 is 0 Å². The molecule has 0 aliphatic carbocycles. The van der Waals surface area contributed by atoms with Crippen molar-refractivity contribution in [3.05, 3.63) is 65.7 Å². The highest BCUT2D eigenvalue weighted by Gasteiger charge is 2.24. The predicted octanol–water partition coefficient (Wildman–Crippen LogP) is 2.79. The molecule has 3 nitrogen and oxygen atoms in total. The smallest absolute Gasteiger partial charge is 0.207 e. The Balaban J connectivity index is 2.30. The first-order valence-corrected chi connectivity index (χ1v) is 7.30. The molecule has 0 spiro atoms. The van der Waals surface area contributed by atoms with Gasteiger partial charge in [0.15, 0.2) is 0 Å². The standard InChI is InChI=1S/C14H13F2NO2S/c1-17(10-11-5-3-2-4-6-11)20(18,19)14-8-7-12(15)9-13(14)16/h2-9H,10H2,1H3. The maximum atomic E-state index is 13.6. The molecule has 0 saturated carbocycles. The van der Waals surface area contributed by atoms with Crippen LogP contribution in [-0.4, -0.2) is 19.8 Å². The molecule has 2 aromatic rings. The van der Waals surface area contributed by atoms with Crippen LogP contribution in [0.15, 0.2) is 53.4 Å². The van der Waals surface area contributed by atoms with Crippen molar-refractivity contribution in [3.8, 4) is 0 Å². The number of hydrogen-bond donors (Lipinski definition) is 0. The van der Waals surface area contributed by atoms with Gasteiger partial charge in [0.2, 0.25) is 10.0 Å². The van der Waals surface area contributed by atoms with Crippen molar-refractivity contribution in [2.75, 3.05) is 7.05 Å². The third-order valence-corrected chi connectivity index (χ3v) is 4.67. The van der Waals surface area contributed by atoms with Crippen LogP contribution in [0.2, 0.25) is 0 Å². The molecule has 0 radical (unpaired) electrons. The van der Waals surface area contributed by atoms with Gasteiger partial charge in [0.25, 0.3) is 0 Å². The fourth-order valence-electron chi connectivity index (χ4n) is 1.78. The Kier molecular flexibility index (Phi) is 4.15. The van der Waals surface area contributed by atoms with Gasteiger partial charge in [0.05, 0.1) is 0 Å². The summed E-state index contributed by atoms with van der Waals surface area (Å²) in [5.41, 5.74) is 0.779. The van der Waals surface area contributed by atoms with Gasteiger partial charge in [-0.05, 0) is 17.7 Å². The third kappa shape index (κ3) is 3.02. The lowest BCUT2D eigenvalue weighted by molar-refractivity contribution is 0.458. The van der Waals surface area contributed by atoms with Crippen LogP contribution in [0.1, 0.15) is 5.56 Å². The molecule has 0 unspecified atom stereocenters. The Labute approximate surface area is 116 Å². The van der Waals surface area contributed by atoms with Crippen molar-refractivity contribution < 1.29 is 17.2 Å². The zero-order valence-corrected chi connectivity index (χ0v) is 11.6. The van der Waals surface area contributed by atoms with E-state index in [0.29, 0.717) is 6.07 Å². The van der Waals surface area contributed by atoms with Gasteiger partial charge >= 0.3 is 0 Å². The average molecular weight is 297 g/mol. The molecule has 0 fully saturated rings. The molecule has 0 bridgehead atoms. The van der Waals surface area contributed by atoms with Crippen LogP contribution in [0.3, 0.4) is 0 Å². The molecule has 0 atom stereocenters. The Hall–Kier alpha value is -1.79. The van der Waals surface area contributed by atoms with Crippen LogP contribution in [0.4, 0.5) is 8.78 Å². The van der Waals surface area contributed by atoms with E-state index in [4.69, 9.17) is 0 Å². The van der Waals surface area contributed by atoms with Crippen LogP contribution >= 0.6 is 0 Å². The Morgan fingerprint density at radius 2 is 1.70 bits per heavy atom. The Bertz CT molecular complexity index is 702. The van der Waals surface area contributed by atoms with Gasteiger partial charge in [-0.2, -0.15) is 4.31 Å². The van der Waals surface area contributed by atoms with Gasteiger partial charge in [-0.3, -0.25) is 0 Å². The van der Waals surface area contributed by atoms with Crippen molar-refractivity contribution in [1.82, 2.24) is 4.31 Å². The predicted molar refractivity (Wildman–Crippen MR) is 71.5 cm³/mol. The minimum Gasteiger partial charge on any atom is -0.207 e. The Morgan fingerprint density at radius 1 is 1.05 bits per heavy atom. The van der Waals surface area contributed by atoms with Crippen LogP contribution in [-0.2, 0) is 16.6 Å². The SMILES string of the molecule is CN(Cc1ccccc1)S(=O)(=O)c1ccc(F)cc1F. The summed E-state index contributed by atoms with van der Waals surface area (Å²) in [5, 5.41) is 0. The molecule has 2 rings (SSSR count). The largest absolute Gasteiger partial charge is 0.246 e. The van der Waals surface area contributed by atoms with Crippen LogP contribution < -0.4 is 0 Å². The van der Waals surface area contributed by atoms with E-state index < -0.39 is 26.6 Å². The highest BCUT2D eigenvalue weighted by Crippen LogP contribution is 2.20. The molecule has 2 aromatic carbocycles. The first-order valence-electron chi connectivity index (χ1n) is 5.86. The van der Waals surface area contributed by atoms with Crippen molar-refractivity contribution in [1.29, 1.82) is 0 Å². The third-order valence-electron chi connectivity index (χ3n) is 2.83. The summed E-state index contributed by atoms with van der Waals surface area (Å²) in [6, 6.07) is 11.3. The number of halogens is 2. The first kappa shape index (κ1) is 14.6. The summed E-state index contributed by atoms with van der Waals surface area (Å²) in [5.74, 6) is -1.91. The fourth-order valence-corrected chi connectivity index (χ4v) is 2.98. The van der Waals surface area contributed by atoms with E-state index in [1.165, 1.54) is 7.05 Å². The number of nitrogens with zero attached hydrogens (tertiary/aromatic N) is 1. The van der Waals surface area contributed by atoms with E-state index in [-0.39, 0.29) is 6.54 Å². The van der Waals surface area contributed by atoms with E-state index in [9.17, 15) is 17.2 Å². The second-order valence-corrected chi connectivity index (χ2v) is 6.33. The topological polar surface area (TPSA) is 37.4 Å². The van der Waals surface area contributed by atoms with Gasteiger partial charge in [-0.15, -0.1) is 0 Å². The summed E-state index contributed by atoms with van der Waals surface area (Å²) in [7, 11) is -2.64. The zero-order chi connectivity index (χ0) is 14.8. The summed E-state index contributed by atoms with van der Waals surface area (Å²) in [4.78, 5) is -0.530. The zero-order valence-electron chi connectivity index (χ0n) is 10.8. The maximum absolute atomic E-state index is 13.6. The van der Waals surface area contributed by atoms with Crippen LogP contribution in [0, 0.1) is 11.6 Å². The highest BCUT2D eigenvalue weighted by atomic mass is 32.2. The minimum atomic E-state index is -3.99.